The molecule has 3 nitrogen and oxygen atoms in total. The Morgan fingerprint density at radius 3 is 2.60 bits per heavy atom. The normalized spacial score (nSPS) is 11.4. The van der Waals surface area contributed by atoms with E-state index >= 15 is 0 Å². The zero-order chi connectivity index (χ0) is 14.9. The molecule has 0 amide bonds. The lowest BCUT2D eigenvalue weighted by Crippen LogP contribution is -2.14. The number of rotatable bonds is 3. The van der Waals surface area contributed by atoms with Crippen molar-refractivity contribution in [2.45, 2.75) is 11.8 Å². The van der Waals surface area contributed by atoms with E-state index in [4.69, 9.17) is 11.6 Å². The molecule has 2 rings (SSSR count). The summed E-state index contributed by atoms with van der Waals surface area (Å²) in [6, 6.07) is 8.61. The van der Waals surface area contributed by atoms with Crippen molar-refractivity contribution in [3.05, 3.63) is 57.3 Å². The summed E-state index contributed by atoms with van der Waals surface area (Å²) in [5, 5.41) is 0.0842. The van der Waals surface area contributed by atoms with Crippen LogP contribution in [0.25, 0.3) is 0 Å². The molecule has 2 aromatic carbocycles. The van der Waals surface area contributed by atoms with Gasteiger partial charge in [-0.15, -0.1) is 0 Å². The van der Waals surface area contributed by atoms with E-state index in [1.54, 1.807) is 6.07 Å². The van der Waals surface area contributed by atoms with Crippen molar-refractivity contribution in [1.82, 2.24) is 0 Å². The van der Waals surface area contributed by atoms with Crippen LogP contribution in [0.3, 0.4) is 0 Å². The number of anilines is 1. The molecule has 1 N–H and O–H groups in total. The second-order valence-electron chi connectivity index (χ2n) is 4.09. The van der Waals surface area contributed by atoms with Crippen molar-refractivity contribution in [2.75, 3.05) is 4.72 Å². The van der Waals surface area contributed by atoms with Gasteiger partial charge in [-0.2, -0.15) is 0 Å². The van der Waals surface area contributed by atoms with Crippen LogP contribution >= 0.6 is 27.5 Å². The van der Waals surface area contributed by atoms with Crippen LogP contribution in [0.1, 0.15) is 5.56 Å². The van der Waals surface area contributed by atoms with Gasteiger partial charge in [-0.25, -0.2) is 12.8 Å². The number of hydrogen-bond donors (Lipinski definition) is 1. The summed E-state index contributed by atoms with van der Waals surface area (Å²) in [6.45, 7) is 1.50. The molecule has 0 atom stereocenters. The molecule has 0 aliphatic heterocycles. The molecule has 0 aromatic heterocycles. The number of benzene rings is 2. The van der Waals surface area contributed by atoms with E-state index in [9.17, 15) is 12.8 Å². The van der Waals surface area contributed by atoms with Crippen molar-refractivity contribution in [3.63, 3.8) is 0 Å². The summed E-state index contributed by atoms with van der Waals surface area (Å²) >= 11 is 9.13. The highest BCUT2D eigenvalue weighted by molar-refractivity contribution is 9.10. The Balaban J connectivity index is 2.44. The van der Waals surface area contributed by atoms with Crippen LogP contribution in [-0.4, -0.2) is 8.42 Å². The van der Waals surface area contributed by atoms with E-state index in [1.807, 2.05) is 0 Å². The summed E-state index contributed by atoms with van der Waals surface area (Å²) in [7, 11) is -3.87. The summed E-state index contributed by atoms with van der Waals surface area (Å²) in [5.41, 5.74) is 0.410. The number of nitrogens with one attached hydrogen (secondary N) is 1. The van der Waals surface area contributed by atoms with Crippen LogP contribution in [0, 0.1) is 12.7 Å². The van der Waals surface area contributed by atoms with E-state index < -0.39 is 15.8 Å². The highest BCUT2D eigenvalue weighted by Crippen LogP contribution is 2.28. The minimum atomic E-state index is -3.87. The Labute approximate surface area is 130 Å². The fourth-order valence-corrected chi connectivity index (χ4v) is 3.77. The molecule has 0 spiro atoms. The Morgan fingerprint density at radius 2 is 1.95 bits per heavy atom. The zero-order valence-corrected chi connectivity index (χ0v) is 13.5. The second-order valence-corrected chi connectivity index (χ2v) is 7.07. The monoisotopic (exact) mass is 377 g/mol. The van der Waals surface area contributed by atoms with Crippen molar-refractivity contribution >= 4 is 43.2 Å². The van der Waals surface area contributed by atoms with E-state index in [-0.39, 0.29) is 21.2 Å². The van der Waals surface area contributed by atoms with Gasteiger partial charge in [0.15, 0.2) is 0 Å². The predicted molar refractivity (Wildman–Crippen MR) is 81.1 cm³/mol. The molecule has 20 heavy (non-hydrogen) atoms. The van der Waals surface area contributed by atoms with Gasteiger partial charge >= 0.3 is 0 Å². The quantitative estimate of drug-likeness (QED) is 0.863. The molecule has 0 radical (unpaired) electrons. The van der Waals surface area contributed by atoms with Gasteiger partial charge in [-0.05, 0) is 37.3 Å². The molecule has 0 aliphatic rings. The first-order valence-corrected chi connectivity index (χ1v) is 8.19. The van der Waals surface area contributed by atoms with Gasteiger partial charge < -0.3 is 0 Å². The molecule has 0 saturated carbocycles. The van der Waals surface area contributed by atoms with Gasteiger partial charge in [0, 0.05) is 10.0 Å². The Bertz CT molecular complexity index is 765. The summed E-state index contributed by atoms with van der Waals surface area (Å²) in [6.07, 6.45) is 0. The minimum Gasteiger partial charge on any atom is -0.279 e. The molecular formula is C13H10BrClFNO2S. The first-order valence-electron chi connectivity index (χ1n) is 5.54. The minimum absolute atomic E-state index is 0.0639. The summed E-state index contributed by atoms with van der Waals surface area (Å²) in [4.78, 5) is -0.0639. The molecule has 0 unspecified atom stereocenters. The molecule has 0 fully saturated rings. The van der Waals surface area contributed by atoms with Gasteiger partial charge in [0.2, 0.25) is 0 Å². The lowest BCUT2D eigenvalue weighted by molar-refractivity contribution is 0.601. The Hall–Kier alpha value is -1.11. The van der Waals surface area contributed by atoms with Crippen molar-refractivity contribution in [3.8, 4) is 0 Å². The van der Waals surface area contributed by atoms with Gasteiger partial charge in [0.25, 0.3) is 10.0 Å². The third-order valence-electron chi connectivity index (χ3n) is 2.70. The summed E-state index contributed by atoms with van der Waals surface area (Å²) < 4.78 is 41.0. The smallest absolute Gasteiger partial charge is 0.263 e. The molecule has 7 heteroatoms. The van der Waals surface area contributed by atoms with Crippen LogP contribution in [0.15, 0.2) is 45.8 Å². The zero-order valence-electron chi connectivity index (χ0n) is 10.3. The highest BCUT2D eigenvalue weighted by Gasteiger charge is 2.19. The molecule has 0 saturated heterocycles. The maximum atomic E-state index is 13.4. The third-order valence-corrected chi connectivity index (χ3v) is 5.04. The first kappa shape index (κ1) is 15.3. The fourth-order valence-electron chi connectivity index (χ4n) is 1.61. The predicted octanol–water partition coefficient (Wildman–Crippen LogP) is 4.35. The van der Waals surface area contributed by atoms with E-state index in [0.717, 1.165) is 0 Å². The van der Waals surface area contributed by atoms with Crippen LogP contribution in [-0.2, 0) is 10.0 Å². The maximum absolute atomic E-state index is 13.4. The van der Waals surface area contributed by atoms with Crippen LogP contribution in [0.2, 0.25) is 5.02 Å². The molecule has 2 aromatic rings. The Kier molecular flexibility index (Phi) is 4.36. The molecule has 0 aliphatic carbocycles. The number of hydrogen-bond acceptors (Lipinski definition) is 2. The lowest BCUT2D eigenvalue weighted by atomic mass is 10.2. The van der Waals surface area contributed by atoms with Gasteiger partial charge in [-0.3, -0.25) is 4.72 Å². The van der Waals surface area contributed by atoms with Crippen LogP contribution in [0.5, 0.6) is 0 Å². The molecule has 0 bridgehead atoms. The summed E-state index contributed by atoms with van der Waals surface area (Å²) in [5.74, 6) is -0.480. The SMILES string of the molecule is Cc1c(F)cccc1NS(=O)(=O)c1ccc(Br)cc1Cl. The fraction of sp³-hybridized carbons (Fsp3) is 0.0769. The molecule has 0 heterocycles. The number of halogens is 3. The topological polar surface area (TPSA) is 46.2 Å². The van der Waals surface area contributed by atoms with E-state index in [2.05, 4.69) is 20.7 Å². The highest BCUT2D eigenvalue weighted by atomic mass is 79.9. The van der Waals surface area contributed by atoms with Gasteiger partial charge in [0.1, 0.15) is 10.7 Å². The third kappa shape index (κ3) is 3.13. The number of sulfonamides is 1. The first-order chi connectivity index (χ1) is 9.31. The standard InChI is InChI=1S/C13H10BrClFNO2S/c1-8-11(16)3-2-4-12(8)17-20(18,19)13-6-5-9(14)7-10(13)15/h2-7,17H,1H3. The van der Waals surface area contributed by atoms with Crippen molar-refractivity contribution < 1.29 is 12.8 Å². The average molecular weight is 379 g/mol. The molecule has 106 valence electrons. The Morgan fingerprint density at radius 1 is 1.25 bits per heavy atom. The lowest BCUT2D eigenvalue weighted by Gasteiger charge is -2.12. The van der Waals surface area contributed by atoms with Gasteiger partial charge in [-0.1, -0.05) is 33.6 Å². The van der Waals surface area contributed by atoms with Crippen molar-refractivity contribution in [1.29, 1.82) is 0 Å². The largest absolute Gasteiger partial charge is 0.279 e. The second kappa shape index (κ2) is 5.71. The van der Waals surface area contributed by atoms with Crippen molar-refractivity contribution in [2.24, 2.45) is 0 Å². The maximum Gasteiger partial charge on any atom is 0.263 e. The molecular weight excluding hydrogens is 369 g/mol. The van der Waals surface area contributed by atoms with Crippen LogP contribution < -0.4 is 4.72 Å². The van der Waals surface area contributed by atoms with Gasteiger partial charge in [0.05, 0.1) is 10.7 Å². The van der Waals surface area contributed by atoms with Crippen LogP contribution in [0.4, 0.5) is 10.1 Å². The average Bonchev–Trinajstić information content (AvgIpc) is 2.34. The van der Waals surface area contributed by atoms with E-state index in [0.29, 0.717) is 4.47 Å². The van der Waals surface area contributed by atoms with E-state index in [1.165, 1.54) is 37.3 Å².